The topological polar surface area (TPSA) is 43.9 Å². The lowest BCUT2D eigenvalue weighted by molar-refractivity contribution is 0.274. The van der Waals surface area contributed by atoms with Crippen LogP contribution in [-0.4, -0.2) is 6.61 Å². The van der Waals surface area contributed by atoms with Gasteiger partial charge in [0.05, 0.1) is 6.26 Å². The van der Waals surface area contributed by atoms with Gasteiger partial charge < -0.3 is 4.74 Å². The number of allylic oxidation sites excluding steroid dienone is 2. The lowest BCUT2D eigenvalue weighted by Crippen LogP contribution is -1.93. The highest BCUT2D eigenvalue weighted by Crippen LogP contribution is 2.01. The van der Waals surface area contributed by atoms with Gasteiger partial charge in [0.1, 0.15) is 12.3 Å². The first-order valence-corrected chi connectivity index (χ1v) is 2.26. The molecule has 41 valence electrons. The predicted octanol–water partition coefficient (Wildman–Crippen LogP) is 0.666. The Balaban J connectivity index is 2.63. The molecule has 0 saturated heterocycles. The van der Waals surface area contributed by atoms with Gasteiger partial charge in [-0.15, -0.1) is 5.11 Å². The van der Waals surface area contributed by atoms with Crippen LogP contribution in [0.15, 0.2) is 29.2 Å². The molecule has 0 aliphatic carbocycles. The maximum atomic E-state index is 8.13. The van der Waals surface area contributed by atoms with Crippen molar-refractivity contribution in [2.75, 3.05) is 6.61 Å². The third kappa shape index (κ3) is 0.932. The highest BCUT2D eigenvalue weighted by atomic mass is 16.5. The summed E-state index contributed by atoms with van der Waals surface area (Å²) in [5.41, 5.74) is 8.68. The molecular weight excluding hydrogens is 104 g/mol. The van der Waals surface area contributed by atoms with Crippen molar-refractivity contribution >= 4 is 0 Å². The highest BCUT2D eigenvalue weighted by molar-refractivity contribution is 5.12. The van der Waals surface area contributed by atoms with Crippen LogP contribution in [0.2, 0.25) is 0 Å². The fourth-order valence-electron chi connectivity index (χ4n) is 0.450. The molecule has 8 heavy (non-hydrogen) atoms. The second-order valence-electron chi connectivity index (χ2n) is 1.40. The van der Waals surface area contributed by atoms with Gasteiger partial charge in [0.15, 0.2) is 0 Å². The normalized spacial score (nSPS) is 16.8. The number of hydrogen-bond acceptors (Lipinski definition) is 2. The van der Waals surface area contributed by atoms with Crippen LogP contribution in [0.3, 0.4) is 0 Å². The van der Waals surface area contributed by atoms with Crippen molar-refractivity contribution in [3.05, 3.63) is 24.1 Å². The van der Waals surface area contributed by atoms with E-state index in [4.69, 9.17) is 10.3 Å². The predicted molar refractivity (Wildman–Crippen MR) is 27.7 cm³/mol. The summed E-state index contributed by atoms with van der Waals surface area (Å²) >= 11 is 0. The van der Waals surface area contributed by atoms with Gasteiger partial charge in [-0.3, -0.25) is 0 Å². The first kappa shape index (κ1) is 5.03. The largest absolute Gasteiger partial charge is 0.495 e. The maximum Gasteiger partial charge on any atom is 0.131 e. The first-order valence-electron chi connectivity index (χ1n) is 2.26. The fraction of sp³-hybridized carbons (Fsp3) is 0.200. The highest BCUT2D eigenvalue weighted by Gasteiger charge is 1.94. The minimum atomic E-state index is 0.368. The zero-order valence-electron chi connectivity index (χ0n) is 4.24. The van der Waals surface area contributed by atoms with Gasteiger partial charge in [0.25, 0.3) is 0 Å². The smallest absolute Gasteiger partial charge is 0.131 e. The third-order valence-corrected chi connectivity index (χ3v) is 0.823. The molecule has 0 amide bonds. The Morgan fingerprint density at radius 3 is 3.00 bits per heavy atom. The molecule has 0 bridgehead atoms. The molecule has 1 radical (unpaired) electrons. The van der Waals surface area contributed by atoms with Gasteiger partial charge in [-0.05, 0) is 17.7 Å². The number of nitrogens with zero attached hydrogens (tertiary/aromatic N) is 2. The molecule has 1 heterocycles. The Labute approximate surface area is 47.2 Å². The van der Waals surface area contributed by atoms with E-state index >= 15 is 0 Å². The van der Waals surface area contributed by atoms with Crippen LogP contribution in [0.5, 0.6) is 0 Å². The molecule has 3 heteroatoms. The molecular formula is C5H5N2O. The molecule has 0 atom stereocenters. The standard InChI is InChI=1S/C5H5N2O/c6-7-5-2-1-3-8-4-5/h1-3H,4H2. The van der Waals surface area contributed by atoms with Crippen molar-refractivity contribution < 1.29 is 4.74 Å². The first-order chi connectivity index (χ1) is 3.93. The van der Waals surface area contributed by atoms with E-state index in [0.717, 1.165) is 0 Å². The summed E-state index contributed by atoms with van der Waals surface area (Å²) in [5, 5.41) is 2.93. The zero-order valence-corrected chi connectivity index (χ0v) is 4.24. The summed E-state index contributed by atoms with van der Waals surface area (Å²) in [7, 11) is 0. The summed E-state index contributed by atoms with van der Waals surface area (Å²) in [5.74, 6) is 0. The fourth-order valence-corrected chi connectivity index (χ4v) is 0.450. The van der Waals surface area contributed by atoms with E-state index in [0.29, 0.717) is 12.3 Å². The Kier molecular flexibility index (Phi) is 1.42. The van der Waals surface area contributed by atoms with Gasteiger partial charge in [-0.1, -0.05) is 0 Å². The molecule has 0 spiro atoms. The molecule has 0 N–H and O–H groups in total. The van der Waals surface area contributed by atoms with Gasteiger partial charge in [0.2, 0.25) is 0 Å². The lowest BCUT2D eigenvalue weighted by atomic mass is 10.4. The zero-order chi connectivity index (χ0) is 5.82. The second kappa shape index (κ2) is 2.26. The van der Waals surface area contributed by atoms with Gasteiger partial charge in [0, 0.05) is 0 Å². The Morgan fingerprint density at radius 1 is 1.75 bits per heavy atom. The number of hydrogen-bond donors (Lipinski definition) is 0. The minimum absolute atomic E-state index is 0.368. The van der Waals surface area contributed by atoms with Crippen LogP contribution < -0.4 is 5.53 Å². The molecule has 1 aliphatic heterocycles. The van der Waals surface area contributed by atoms with Crippen LogP contribution in [0.4, 0.5) is 0 Å². The SMILES string of the molecule is [N]=NC1=CC=COC1. The third-order valence-electron chi connectivity index (χ3n) is 0.823. The van der Waals surface area contributed by atoms with Crippen molar-refractivity contribution in [1.82, 2.24) is 5.53 Å². The molecule has 0 unspecified atom stereocenters. The summed E-state index contributed by atoms with van der Waals surface area (Å²) in [6.07, 6.45) is 4.91. The van der Waals surface area contributed by atoms with Crippen molar-refractivity contribution in [2.45, 2.75) is 0 Å². The Hall–Kier alpha value is -1.12. The average Bonchev–Trinajstić information content (AvgIpc) is 1.90. The van der Waals surface area contributed by atoms with Gasteiger partial charge in [-0.25, -0.2) is 0 Å². The summed E-state index contributed by atoms with van der Waals surface area (Å²) in [6, 6.07) is 0. The second-order valence-corrected chi connectivity index (χ2v) is 1.40. The van der Waals surface area contributed by atoms with Gasteiger partial charge in [-0.2, -0.15) is 0 Å². The Bertz CT molecular complexity index is 149. The van der Waals surface area contributed by atoms with E-state index in [9.17, 15) is 0 Å². The molecule has 3 nitrogen and oxygen atoms in total. The Morgan fingerprint density at radius 2 is 2.62 bits per heavy atom. The molecule has 1 rings (SSSR count). The van der Waals surface area contributed by atoms with E-state index in [1.54, 1.807) is 18.4 Å². The lowest BCUT2D eigenvalue weighted by Gasteiger charge is -2.01. The van der Waals surface area contributed by atoms with Crippen LogP contribution in [-0.2, 0) is 4.74 Å². The minimum Gasteiger partial charge on any atom is -0.495 e. The maximum absolute atomic E-state index is 8.13. The van der Waals surface area contributed by atoms with Crippen LogP contribution in [0.1, 0.15) is 0 Å². The summed E-state index contributed by atoms with van der Waals surface area (Å²) in [6.45, 7) is 0.368. The van der Waals surface area contributed by atoms with Crippen LogP contribution in [0.25, 0.3) is 0 Å². The number of ether oxygens (including phenoxy) is 1. The number of rotatable bonds is 1. The van der Waals surface area contributed by atoms with Crippen LogP contribution in [0, 0.1) is 0 Å². The van der Waals surface area contributed by atoms with E-state index < -0.39 is 0 Å². The molecule has 0 aromatic rings. The van der Waals surface area contributed by atoms with Crippen molar-refractivity contribution in [1.29, 1.82) is 0 Å². The molecule has 0 fully saturated rings. The van der Waals surface area contributed by atoms with Gasteiger partial charge >= 0.3 is 0 Å². The van der Waals surface area contributed by atoms with E-state index in [2.05, 4.69) is 5.11 Å². The summed E-state index contributed by atoms with van der Waals surface area (Å²) < 4.78 is 4.77. The van der Waals surface area contributed by atoms with E-state index in [1.807, 2.05) is 0 Å². The molecule has 1 aliphatic rings. The van der Waals surface area contributed by atoms with Crippen molar-refractivity contribution in [3.63, 3.8) is 0 Å². The average molecular weight is 109 g/mol. The molecule has 0 aromatic heterocycles. The molecule has 0 saturated carbocycles. The molecule has 0 aromatic carbocycles. The van der Waals surface area contributed by atoms with E-state index in [-0.39, 0.29) is 0 Å². The summed E-state index contributed by atoms with van der Waals surface area (Å²) in [4.78, 5) is 0. The van der Waals surface area contributed by atoms with Crippen molar-refractivity contribution in [3.8, 4) is 0 Å². The quantitative estimate of drug-likeness (QED) is 0.456. The van der Waals surface area contributed by atoms with Crippen molar-refractivity contribution in [2.24, 2.45) is 5.11 Å². The monoisotopic (exact) mass is 109 g/mol. The van der Waals surface area contributed by atoms with Crippen LogP contribution >= 0.6 is 0 Å². The van der Waals surface area contributed by atoms with E-state index in [1.165, 1.54) is 0 Å².